The number of aryl methyl sites for hydroxylation is 2. The van der Waals surface area contributed by atoms with Crippen LogP contribution in [0.2, 0.25) is 0 Å². The van der Waals surface area contributed by atoms with Crippen LogP contribution < -0.4 is 10.0 Å². The zero-order chi connectivity index (χ0) is 20.2. The summed E-state index contributed by atoms with van der Waals surface area (Å²) in [5, 5.41) is 0. The minimum atomic E-state index is -3.44. The van der Waals surface area contributed by atoms with Gasteiger partial charge in [-0.1, -0.05) is 12.1 Å². The van der Waals surface area contributed by atoms with Crippen LogP contribution in [0.1, 0.15) is 36.8 Å². The predicted octanol–water partition coefficient (Wildman–Crippen LogP) is 1.57. The van der Waals surface area contributed by atoms with Crippen LogP contribution >= 0.6 is 0 Å². The molecule has 0 aromatic heterocycles. The van der Waals surface area contributed by atoms with E-state index in [1.54, 1.807) is 4.90 Å². The molecule has 8 heteroatoms. The standard InChI is InChI=1S/C19H29N3O4S/c1-14-6-7-15(2)17(13-14)22(27(3,25)26)10-4-5-18(23)21-11-8-16(9-12-21)19(20)24/h6-7,13,16H,4-5,8-12H2,1-3H3,(H2,20,24). The number of primary amides is 1. The number of piperidine rings is 1. The highest BCUT2D eigenvalue weighted by molar-refractivity contribution is 7.92. The van der Waals surface area contributed by atoms with Crippen molar-refractivity contribution in [2.24, 2.45) is 11.7 Å². The van der Waals surface area contributed by atoms with Gasteiger partial charge in [0.1, 0.15) is 0 Å². The van der Waals surface area contributed by atoms with Crippen LogP contribution in [0, 0.1) is 19.8 Å². The average Bonchev–Trinajstić information content (AvgIpc) is 2.60. The van der Waals surface area contributed by atoms with Gasteiger partial charge >= 0.3 is 0 Å². The zero-order valence-corrected chi connectivity index (χ0v) is 17.1. The molecular weight excluding hydrogens is 366 g/mol. The Morgan fingerprint density at radius 2 is 1.85 bits per heavy atom. The van der Waals surface area contributed by atoms with Gasteiger partial charge in [-0.2, -0.15) is 0 Å². The number of carbonyl (C=O) groups is 2. The fraction of sp³-hybridized carbons (Fsp3) is 0.579. The normalized spacial score (nSPS) is 15.6. The predicted molar refractivity (Wildman–Crippen MR) is 106 cm³/mol. The van der Waals surface area contributed by atoms with Gasteiger partial charge in [0.05, 0.1) is 11.9 Å². The van der Waals surface area contributed by atoms with Gasteiger partial charge in [-0.3, -0.25) is 13.9 Å². The molecule has 150 valence electrons. The van der Waals surface area contributed by atoms with E-state index in [2.05, 4.69) is 0 Å². The maximum absolute atomic E-state index is 12.4. The number of carbonyl (C=O) groups excluding carboxylic acids is 2. The first-order valence-corrected chi connectivity index (χ1v) is 11.1. The van der Waals surface area contributed by atoms with Crippen molar-refractivity contribution in [1.82, 2.24) is 4.90 Å². The number of benzene rings is 1. The van der Waals surface area contributed by atoms with Crippen LogP contribution in [0.3, 0.4) is 0 Å². The highest BCUT2D eigenvalue weighted by Gasteiger charge is 2.26. The second-order valence-electron chi connectivity index (χ2n) is 7.29. The number of anilines is 1. The SMILES string of the molecule is Cc1ccc(C)c(N(CCCC(=O)N2CCC(C(N)=O)CC2)S(C)(=O)=O)c1. The minimum Gasteiger partial charge on any atom is -0.369 e. The third-order valence-corrected chi connectivity index (χ3v) is 6.22. The van der Waals surface area contributed by atoms with Crippen molar-refractivity contribution in [2.75, 3.05) is 30.2 Å². The van der Waals surface area contributed by atoms with E-state index in [0.717, 1.165) is 11.1 Å². The minimum absolute atomic E-state index is 0.00710. The Hall–Kier alpha value is -2.09. The number of likely N-dealkylation sites (tertiary alicyclic amines) is 1. The van der Waals surface area contributed by atoms with Gasteiger partial charge in [0.2, 0.25) is 21.8 Å². The van der Waals surface area contributed by atoms with E-state index < -0.39 is 10.0 Å². The number of amides is 2. The molecule has 0 unspecified atom stereocenters. The molecule has 2 rings (SSSR count). The molecule has 1 aliphatic heterocycles. The van der Waals surface area contributed by atoms with E-state index in [9.17, 15) is 18.0 Å². The molecule has 2 amide bonds. The van der Waals surface area contributed by atoms with E-state index in [1.807, 2.05) is 32.0 Å². The third-order valence-electron chi connectivity index (χ3n) is 5.04. The Balaban J connectivity index is 1.96. The average molecular weight is 396 g/mol. The van der Waals surface area contributed by atoms with Gasteiger partial charge in [-0.05, 0) is 50.3 Å². The Bertz CT molecular complexity index is 799. The van der Waals surface area contributed by atoms with E-state index in [1.165, 1.54) is 10.6 Å². The molecule has 0 radical (unpaired) electrons. The Labute approximate surface area is 161 Å². The van der Waals surface area contributed by atoms with Crippen molar-refractivity contribution < 1.29 is 18.0 Å². The third kappa shape index (κ3) is 5.69. The quantitative estimate of drug-likeness (QED) is 0.757. The van der Waals surface area contributed by atoms with Crippen molar-refractivity contribution in [1.29, 1.82) is 0 Å². The molecule has 27 heavy (non-hydrogen) atoms. The lowest BCUT2D eigenvalue weighted by Gasteiger charge is -2.31. The number of sulfonamides is 1. The van der Waals surface area contributed by atoms with Crippen molar-refractivity contribution in [3.05, 3.63) is 29.3 Å². The second-order valence-corrected chi connectivity index (χ2v) is 9.19. The summed E-state index contributed by atoms with van der Waals surface area (Å²) >= 11 is 0. The number of rotatable bonds is 7. The van der Waals surface area contributed by atoms with E-state index in [4.69, 9.17) is 5.73 Å². The number of hydrogen-bond acceptors (Lipinski definition) is 4. The second kappa shape index (κ2) is 8.73. The molecule has 0 bridgehead atoms. The van der Waals surface area contributed by atoms with Gasteiger partial charge in [0.15, 0.2) is 0 Å². The van der Waals surface area contributed by atoms with Crippen molar-refractivity contribution in [3.63, 3.8) is 0 Å². The van der Waals surface area contributed by atoms with Gasteiger partial charge < -0.3 is 10.6 Å². The number of nitrogens with two attached hydrogens (primary N) is 1. The summed E-state index contributed by atoms with van der Waals surface area (Å²) in [7, 11) is -3.44. The maximum Gasteiger partial charge on any atom is 0.232 e. The first-order valence-electron chi connectivity index (χ1n) is 9.21. The monoisotopic (exact) mass is 395 g/mol. The van der Waals surface area contributed by atoms with Crippen molar-refractivity contribution in [3.8, 4) is 0 Å². The summed E-state index contributed by atoms with van der Waals surface area (Å²) in [6, 6.07) is 5.70. The van der Waals surface area contributed by atoms with Crippen molar-refractivity contribution in [2.45, 2.75) is 39.5 Å². The smallest absolute Gasteiger partial charge is 0.232 e. The summed E-state index contributed by atoms with van der Waals surface area (Å²) in [5.74, 6) is -0.467. The first kappa shape index (κ1) is 21.2. The summed E-state index contributed by atoms with van der Waals surface area (Å²) in [5.41, 5.74) is 7.84. The van der Waals surface area contributed by atoms with Crippen LogP contribution in [0.15, 0.2) is 18.2 Å². The summed E-state index contributed by atoms with van der Waals surface area (Å²) in [4.78, 5) is 25.4. The highest BCUT2D eigenvalue weighted by atomic mass is 32.2. The molecule has 2 N–H and O–H groups in total. The number of hydrogen-bond donors (Lipinski definition) is 1. The Kier molecular flexibility index (Phi) is 6.86. The van der Waals surface area contributed by atoms with Gasteiger partial charge in [0, 0.05) is 32.0 Å². The highest BCUT2D eigenvalue weighted by Crippen LogP contribution is 2.24. The molecule has 1 aromatic carbocycles. The van der Waals surface area contributed by atoms with Crippen LogP contribution in [-0.4, -0.2) is 51.0 Å². The first-order chi connectivity index (χ1) is 12.6. The summed E-state index contributed by atoms with van der Waals surface area (Å²) in [6.45, 7) is 5.11. The molecule has 1 heterocycles. The molecule has 7 nitrogen and oxygen atoms in total. The van der Waals surface area contributed by atoms with E-state index in [0.29, 0.717) is 38.0 Å². The Morgan fingerprint density at radius 3 is 2.41 bits per heavy atom. The van der Waals surface area contributed by atoms with Gasteiger partial charge in [-0.15, -0.1) is 0 Å². The van der Waals surface area contributed by atoms with Crippen molar-refractivity contribution >= 4 is 27.5 Å². The molecule has 1 aliphatic rings. The molecule has 1 aromatic rings. The molecule has 0 aliphatic carbocycles. The molecule has 0 saturated carbocycles. The molecule has 1 saturated heterocycles. The Morgan fingerprint density at radius 1 is 1.22 bits per heavy atom. The molecular formula is C19H29N3O4S. The molecule has 0 atom stereocenters. The fourth-order valence-electron chi connectivity index (χ4n) is 3.40. The van der Waals surface area contributed by atoms with Gasteiger partial charge in [0.25, 0.3) is 0 Å². The van der Waals surface area contributed by atoms with E-state index in [-0.39, 0.29) is 30.7 Å². The van der Waals surface area contributed by atoms with Crippen LogP contribution in [0.5, 0.6) is 0 Å². The zero-order valence-electron chi connectivity index (χ0n) is 16.3. The number of nitrogens with zero attached hydrogens (tertiary/aromatic N) is 2. The van der Waals surface area contributed by atoms with Crippen LogP contribution in [0.25, 0.3) is 0 Å². The lowest BCUT2D eigenvalue weighted by atomic mass is 9.96. The lowest BCUT2D eigenvalue weighted by Crippen LogP contribution is -2.42. The summed E-state index contributed by atoms with van der Waals surface area (Å²) < 4.78 is 25.9. The fourth-order valence-corrected chi connectivity index (χ4v) is 4.41. The lowest BCUT2D eigenvalue weighted by molar-refractivity contribution is -0.134. The topological polar surface area (TPSA) is 101 Å². The maximum atomic E-state index is 12.4. The van der Waals surface area contributed by atoms with Crippen LogP contribution in [0.4, 0.5) is 5.69 Å². The van der Waals surface area contributed by atoms with Crippen LogP contribution in [-0.2, 0) is 19.6 Å². The largest absolute Gasteiger partial charge is 0.369 e. The summed E-state index contributed by atoms with van der Waals surface area (Å²) in [6.07, 6.45) is 3.09. The molecule has 1 fully saturated rings. The molecule has 0 spiro atoms. The van der Waals surface area contributed by atoms with E-state index >= 15 is 0 Å². The van der Waals surface area contributed by atoms with Gasteiger partial charge in [-0.25, -0.2) is 8.42 Å².